The van der Waals surface area contributed by atoms with Crippen molar-refractivity contribution in [1.29, 1.82) is 0 Å². The van der Waals surface area contributed by atoms with Crippen molar-refractivity contribution in [3.8, 4) is 5.75 Å². The van der Waals surface area contributed by atoms with E-state index in [1.165, 1.54) is 0 Å². The zero-order valence-corrected chi connectivity index (χ0v) is 10.8. The van der Waals surface area contributed by atoms with E-state index in [1.54, 1.807) is 12.3 Å². The lowest BCUT2D eigenvalue weighted by atomic mass is 10.2. The van der Waals surface area contributed by atoms with Crippen LogP contribution in [0.25, 0.3) is 0 Å². The van der Waals surface area contributed by atoms with Gasteiger partial charge in [0.2, 0.25) is 0 Å². The fourth-order valence-corrected chi connectivity index (χ4v) is 1.59. The fraction of sp³-hybridized carbons (Fsp3) is 0.538. The lowest BCUT2D eigenvalue weighted by Crippen LogP contribution is -2.26. The molecule has 0 fully saturated rings. The second-order valence-corrected chi connectivity index (χ2v) is 4.40. The van der Waals surface area contributed by atoms with Crippen molar-refractivity contribution in [2.75, 3.05) is 0 Å². The minimum absolute atomic E-state index is 0.0520. The topological polar surface area (TPSA) is 85.4 Å². The molecule has 5 heteroatoms. The van der Waals surface area contributed by atoms with Crippen molar-refractivity contribution in [1.82, 2.24) is 4.98 Å². The van der Waals surface area contributed by atoms with Gasteiger partial charge in [0.05, 0.1) is 6.20 Å². The average Bonchev–Trinajstić information content (AvgIpc) is 2.30. The van der Waals surface area contributed by atoms with Crippen molar-refractivity contribution in [3.05, 3.63) is 24.0 Å². The van der Waals surface area contributed by atoms with Gasteiger partial charge in [-0.05, 0) is 25.5 Å². The molecule has 0 radical (unpaired) electrons. The molecule has 3 N–H and O–H groups in total. The lowest BCUT2D eigenvalue weighted by Gasteiger charge is -2.14. The monoisotopic (exact) mass is 252 g/mol. The quantitative estimate of drug-likeness (QED) is 0.770. The van der Waals surface area contributed by atoms with E-state index in [4.69, 9.17) is 15.6 Å². The number of carboxylic acids is 1. The number of nitrogens with zero attached hydrogens (tertiary/aromatic N) is 1. The third kappa shape index (κ3) is 4.71. The van der Waals surface area contributed by atoms with E-state index in [1.807, 2.05) is 19.9 Å². The van der Waals surface area contributed by atoms with E-state index in [0.29, 0.717) is 18.6 Å². The molecule has 1 heterocycles. The molecule has 1 aromatic heterocycles. The number of ether oxygens (including phenoxy) is 1. The molecule has 0 amide bonds. The number of rotatable bonds is 7. The average molecular weight is 252 g/mol. The maximum atomic E-state index is 10.9. The molecule has 0 aliphatic rings. The predicted molar refractivity (Wildman–Crippen MR) is 68.6 cm³/mol. The molecule has 0 saturated carbocycles. The number of aromatic nitrogens is 1. The highest BCUT2D eigenvalue weighted by Gasteiger charge is 2.18. The van der Waals surface area contributed by atoms with Crippen molar-refractivity contribution in [3.63, 3.8) is 0 Å². The molecular weight excluding hydrogens is 232 g/mol. The van der Waals surface area contributed by atoms with Crippen LogP contribution in [0.15, 0.2) is 18.3 Å². The van der Waals surface area contributed by atoms with Crippen LogP contribution in [-0.2, 0) is 11.2 Å². The standard InChI is InChI=1S/C13H20N2O3/c1-3-4-12(13(16)17)18-11-6-5-10(15-8-11)7-9(2)14/h5-6,8-9,12H,3-4,7,14H2,1-2H3,(H,16,17). The summed E-state index contributed by atoms with van der Waals surface area (Å²) in [6, 6.07) is 3.59. The van der Waals surface area contributed by atoms with Crippen LogP contribution in [0.4, 0.5) is 0 Å². The zero-order chi connectivity index (χ0) is 13.5. The van der Waals surface area contributed by atoms with Crippen LogP contribution < -0.4 is 10.5 Å². The Morgan fingerprint density at radius 3 is 2.72 bits per heavy atom. The summed E-state index contributed by atoms with van der Waals surface area (Å²) < 4.78 is 5.38. The molecule has 0 spiro atoms. The van der Waals surface area contributed by atoms with Gasteiger partial charge in [0.1, 0.15) is 5.75 Å². The summed E-state index contributed by atoms with van der Waals surface area (Å²) in [5.74, 6) is -0.471. The van der Waals surface area contributed by atoms with Gasteiger partial charge < -0.3 is 15.6 Å². The number of carbonyl (C=O) groups is 1. The molecule has 1 rings (SSSR count). The van der Waals surface area contributed by atoms with E-state index in [0.717, 1.165) is 12.1 Å². The van der Waals surface area contributed by atoms with E-state index >= 15 is 0 Å². The maximum absolute atomic E-state index is 10.9. The van der Waals surface area contributed by atoms with E-state index in [2.05, 4.69) is 4.98 Å². The molecule has 5 nitrogen and oxygen atoms in total. The number of hydrogen-bond donors (Lipinski definition) is 2. The fourth-order valence-electron chi connectivity index (χ4n) is 1.59. The van der Waals surface area contributed by atoms with Crippen LogP contribution in [0.3, 0.4) is 0 Å². The second-order valence-electron chi connectivity index (χ2n) is 4.40. The molecule has 1 aromatic rings. The highest BCUT2D eigenvalue weighted by Crippen LogP contribution is 2.14. The molecule has 0 aromatic carbocycles. The van der Waals surface area contributed by atoms with Gasteiger partial charge in [-0.25, -0.2) is 4.79 Å². The minimum atomic E-state index is -0.948. The maximum Gasteiger partial charge on any atom is 0.344 e. The Kier molecular flexibility index (Phi) is 5.58. The SMILES string of the molecule is CCCC(Oc1ccc(CC(C)N)nc1)C(=O)O. The molecule has 100 valence electrons. The van der Waals surface area contributed by atoms with E-state index in [9.17, 15) is 4.79 Å². The van der Waals surface area contributed by atoms with Crippen LogP contribution in [0.5, 0.6) is 5.75 Å². The summed E-state index contributed by atoms with van der Waals surface area (Å²) in [5.41, 5.74) is 6.55. The Morgan fingerprint density at radius 1 is 1.56 bits per heavy atom. The van der Waals surface area contributed by atoms with E-state index in [-0.39, 0.29) is 6.04 Å². The molecule has 0 aliphatic heterocycles. The number of aliphatic carboxylic acids is 1. The van der Waals surface area contributed by atoms with Crippen molar-refractivity contribution < 1.29 is 14.6 Å². The van der Waals surface area contributed by atoms with Crippen molar-refractivity contribution in [2.45, 2.75) is 45.3 Å². The molecular formula is C13H20N2O3. The van der Waals surface area contributed by atoms with Crippen molar-refractivity contribution >= 4 is 5.97 Å². The summed E-state index contributed by atoms with van der Waals surface area (Å²) in [6.07, 6.45) is 2.67. The summed E-state index contributed by atoms with van der Waals surface area (Å²) in [7, 11) is 0. The smallest absolute Gasteiger partial charge is 0.344 e. The first-order valence-electron chi connectivity index (χ1n) is 6.13. The largest absolute Gasteiger partial charge is 0.479 e. The summed E-state index contributed by atoms with van der Waals surface area (Å²) >= 11 is 0. The second kappa shape index (κ2) is 6.96. The first kappa shape index (κ1) is 14.4. The summed E-state index contributed by atoms with van der Waals surface area (Å²) in [4.78, 5) is 15.1. The van der Waals surface area contributed by atoms with Gasteiger partial charge >= 0.3 is 5.97 Å². The lowest BCUT2D eigenvalue weighted by molar-refractivity contribution is -0.145. The van der Waals surface area contributed by atoms with Gasteiger partial charge in [-0.3, -0.25) is 4.98 Å². The summed E-state index contributed by atoms with van der Waals surface area (Å²) in [5, 5.41) is 8.98. The Morgan fingerprint density at radius 2 is 2.28 bits per heavy atom. The molecule has 0 bridgehead atoms. The molecule has 0 aliphatic carbocycles. The third-order valence-corrected chi connectivity index (χ3v) is 2.43. The first-order chi connectivity index (χ1) is 8.52. The van der Waals surface area contributed by atoms with Crippen LogP contribution in [0.2, 0.25) is 0 Å². The molecule has 0 saturated heterocycles. The van der Waals surface area contributed by atoms with Crippen LogP contribution in [-0.4, -0.2) is 28.2 Å². The molecule has 2 unspecified atom stereocenters. The van der Waals surface area contributed by atoms with Gasteiger partial charge in [0.25, 0.3) is 0 Å². The predicted octanol–water partition coefficient (Wildman–Crippen LogP) is 1.60. The number of carboxylic acid groups (broad SMARTS) is 1. The zero-order valence-electron chi connectivity index (χ0n) is 10.8. The minimum Gasteiger partial charge on any atom is -0.479 e. The third-order valence-electron chi connectivity index (χ3n) is 2.43. The van der Waals surface area contributed by atoms with Gasteiger partial charge in [-0.1, -0.05) is 13.3 Å². The van der Waals surface area contributed by atoms with Crippen molar-refractivity contribution in [2.24, 2.45) is 5.73 Å². The van der Waals surface area contributed by atoms with Gasteiger partial charge in [-0.15, -0.1) is 0 Å². The Labute approximate surface area is 107 Å². The van der Waals surface area contributed by atoms with Crippen LogP contribution >= 0.6 is 0 Å². The van der Waals surface area contributed by atoms with Crippen LogP contribution in [0.1, 0.15) is 32.4 Å². The Balaban J connectivity index is 2.64. The molecule has 18 heavy (non-hydrogen) atoms. The Hall–Kier alpha value is -1.62. The highest BCUT2D eigenvalue weighted by atomic mass is 16.5. The normalized spacial score (nSPS) is 13.9. The first-order valence-corrected chi connectivity index (χ1v) is 6.13. The van der Waals surface area contributed by atoms with Gasteiger partial charge in [0.15, 0.2) is 6.10 Å². The van der Waals surface area contributed by atoms with Crippen LogP contribution in [0, 0.1) is 0 Å². The highest BCUT2D eigenvalue weighted by molar-refractivity contribution is 5.72. The summed E-state index contributed by atoms with van der Waals surface area (Å²) in [6.45, 7) is 3.83. The molecule has 2 atom stereocenters. The van der Waals surface area contributed by atoms with Gasteiger partial charge in [0, 0.05) is 18.2 Å². The number of hydrogen-bond acceptors (Lipinski definition) is 4. The van der Waals surface area contributed by atoms with E-state index < -0.39 is 12.1 Å². The Bertz CT molecular complexity index is 376. The number of nitrogens with two attached hydrogens (primary N) is 1. The number of pyridine rings is 1. The van der Waals surface area contributed by atoms with Gasteiger partial charge in [-0.2, -0.15) is 0 Å².